The number of aryl methyl sites for hydroxylation is 3. The van der Waals surface area contributed by atoms with Crippen LogP contribution < -0.4 is 0 Å². The van der Waals surface area contributed by atoms with Gasteiger partial charge in [-0.3, -0.25) is 0 Å². The topological polar surface area (TPSA) is 0 Å². The van der Waals surface area contributed by atoms with Crippen LogP contribution in [-0.4, -0.2) is 0 Å². The van der Waals surface area contributed by atoms with E-state index in [9.17, 15) is 4.39 Å². The maximum Gasteiger partial charge on any atom is 0.132 e. The summed E-state index contributed by atoms with van der Waals surface area (Å²) in [4.78, 5) is 0. The fourth-order valence-electron chi connectivity index (χ4n) is 3.71. The van der Waals surface area contributed by atoms with Gasteiger partial charge in [0.15, 0.2) is 0 Å². The normalized spacial score (nSPS) is 10.5. The molecule has 0 aromatic heterocycles. The molecule has 0 aliphatic heterocycles. The molecule has 0 fully saturated rings. The van der Waals surface area contributed by atoms with Crippen molar-refractivity contribution in [3.63, 3.8) is 0 Å². The van der Waals surface area contributed by atoms with E-state index in [2.05, 4.69) is 69.0 Å². The average molecular weight is 399 g/mol. The van der Waals surface area contributed by atoms with E-state index < -0.39 is 0 Å². The summed E-state index contributed by atoms with van der Waals surface area (Å²) < 4.78 is 14.9. The Bertz CT molecular complexity index is 1030. The molecule has 30 heavy (non-hydrogen) atoms. The van der Waals surface area contributed by atoms with E-state index in [4.69, 9.17) is 0 Å². The van der Waals surface area contributed by atoms with E-state index in [1.807, 2.05) is 18.2 Å². The van der Waals surface area contributed by atoms with E-state index in [-0.39, 0.29) is 5.82 Å². The first-order valence-electron chi connectivity index (χ1n) is 11.2. The Kier molecular flexibility index (Phi) is 7.86. The van der Waals surface area contributed by atoms with Crippen molar-refractivity contribution in [2.24, 2.45) is 0 Å². The zero-order valence-electron chi connectivity index (χ0n) is 18.4. The van der Waals surface area contributed by atoms with Gasteiger partial charge in [0.25, 0.3) is 0 Å². The molecular formula is C29H31F. The molecule has 0 spiro atoms. The van der Waals surface area contributed by atoms with E-state index in [1.165, 1.54) is 36.0 Å². The van der Waals surface area contributed by atoms with Crippen LogP contribution in [0.3, 0.4) is 0 Å². The van der Waals surface area contributed by atoms with Crippen molar-refractivity contribution in [2.75, 3.05) is 0 Å². The van der Waals surface area contributed by atoms with Crippen LogP contribution in [0.4, 0.5) is 4.39 Å². The standard InChI is InChI=1S/C29H31F/c1-4-7-8-9-23-10-12-24(13-11-23)14-15-25-17-19-28(29(30)21-25)27-18-16-22(5-2)20-26(27)6-3/h10-13,16-21H,4-9H2,1-3H3. The van der Waals surface area contributed by atoms with Crippen LogP contribution in [0.1, 0.15) is 67.9 Å². The molecule has 0 aliphatic rings. The molecule has 154 valence electrons. The second-order valence-corrected chi connectivity index (χ2v) is 7.80. The highest BCUT2D eigenvalue weighted by atomic mass is 19.1. The third-order valence-corrected chi connectivity index (χ3v) is 5.59. The molecule has 3 rings (SSSR count). The molecule has 0 unspecified atom stereocenters. The summed E-state index contributed by atoms with van der Waals surface area (Å²) in [6, 6.07) is 20.1. The lowest BCUT2D eigenvalue weighted by molar-refractivity contribution is 0.630. The molecule has 0 nitrogen and oxygen atoms in total. The van der Waals surface area contributed by atoms with E-state index in [1.54, 1.807) is 6.07 Å². The number of hydrogen-bond donors (Lipinski definition) is 0. The lowest BCUT2D eigenvalue weighted by Crippen LogP contribution is -1.94. The fourth-order valence-corrected chi connectivity index (χ4v) is 3.71. The minimum atomic E-state index is -0.216. The zero-order chi connectivity index (χ0) is 21.3. The first-order chi connectivity index (χ1) is 14.6. The molecule has 1 heteroatoms. The van der Waals surface area contributed by atoms with Crippen molar-refractivity contribution in [2.45, 2.75) is 59.3 Å². The van der Waals surface area contributed by atoms with Crippen LogP contribution in [0, 0.1) is 17.7 Å². The number of unbranched alkanes of at least 4 members (excludes halogenated alkanes) is 2. The highest BCUT2D eigenvalue weighted by Gasteiger charge is 2.10. The molecule has 0 saturated heterocycles. The van der Waals surface area contributed by atoms with Gasteiger partial charge < -0.3 is 0 Å². The lowest BCUT2D eigenvalue weighted by Gasteiger charge is -2.11. The van der Waals surface area contributed by atoms with Gasteiger partial charge in [0, 0.05) is 16.7 Å². The highest BCUT2D eigenvalue weighted by Crippen LogP contribution is 2.28. The van der Waals surface area contributed by atoms with Gasteiger partial charge in [-0.25, -0.2) is 4.39 Å². The minimum absolute atomic E-state index is 0.216. The predicted molar refractivity (Wildman–Crippen MR) is 126 cm³/mol. The molecule has 3 aromatic carbocycles. The van der Waals surface area contributed by atoms with Crippen LogP contribution in [-0.2, 0) is 19.3 Å². The Hall–Kier alpha value is -2.85. The van der Waals surface area contributed by atoms with Crippen molar-refractivity contribution in [1.82, 2.24) is 0 Å². The third kappa shape index (κ3) is 5.61. The SMILES string of the molecule is CCCCCc1ccc(C#Cc2ccc(-c3ccc(CC)cc3CC)c(F)c2)cc1. The number of rotatable bonds is 7. The van der Waals surface area contributed by atoms with E-state index in [0.29, 0.717) is 11.1 Å². The summed E-state index contributed by atoms with van der Waals surface area (Å²) in [5, 5.41) is 0. The maximum atomic E-state index is 14.9. The van der Waals surface area contributed by atoms with Gasteiger partial charge in [0.2, 0.25) is 0 Å². The summed E-state index contributed by atoms with van der Waals surface area (Å²) in [7, 11) is 0. The largest absolute Gasteiger partial charge is 0.206 e. The molecule has 0 heterocycles. The van der Waals surface area contributed by atoms with E-state index in [0.717, 1.165) is 30.4 Å². The Balaban J connectivity index is 1.77. The summed E-state index contributed by atoms with van der Waals surface area (Å²) in [5.41, 5.74) is 7.11. The Morgan fingerprint density at radius 2 is 1.33 bits per heavy atom. The monoisotopic (exact) mass is 398 g/mol. The number of halogens is 1. The molecule has 3 aromatic rings. The lowest BCUT2D eigenvalue weighted by atomic mass is 9.94. The van der Waals surface area contributed by atoms with Crippen LogP contribution >= 0.6 is 0 Å². The summed E-state index contributed by atoms with van der Waals surface area (Å²) >= 11 is 0. The molecular weight excluding hydrogens is 367 g/mol. The smallest absolute Gasteiger partial charge is 0.132 e. The molecule has 0 amide bonds. The number of hydrogen-bond acceptors (Lipinski definition) is 0. The van der Waals surface area contributed by atoms with Crippen LogP contribution in [0.25, 0.3) is 11.1 Å². The second-order valence-electron chi connectivity index (χ2n) is 7.80. The van der Waals surface area contributed by atoms with Crippen molar-refractivity contribution < 1.29 is 4.39 Å². The van der Waals surface area contributed by atoms with Crippen molar-refractivity contribution in [3.05, 3.63) is 94.3 Å². The Labute approximate surface area is 181 Å². The second kappa shape index (κ2) is 10.8. The first kappa shape index (κ1) is 21.8. The van der Waals surface area contributed by atoms with Gasteiger partial charge in [0.1, 0.15) is 5.82 Å². The van der Waals surface area contributed by atoms with Crippen LogP contribution in [0.15, 0.2) is 60.7 Å². The van der Waals surface area contributed by atoms with Crippen LogP contribution in [0.5, 0.6) is 0 Å². The molecule has 0 saturated carbocycles. The van der Waals surface area contributed by atoms with E-state index >= 15 is 0 Å². The Morgan fingerprint density at radius 3 is 2.00 bits per heavy atom. The van der Waals surface area contributed by atoms with Gasteiger partial charge in [-0.15, -0.1) is 0 Å². The number of benzene rings is 3. The first-order valence-corrected chi connectivity index (χ1v) is 11.2. The summed E-state index contributed by atoms with van der Waals surface area (Å²) in [6.45, 7) is 6.48. The predicted octanol–water partition coefficient (Wildman–Crippen LogP) is 7.75. The van der Waals surface area contributed by atoms with Crippen molar-refractivity contribution in [3.8, 4) is 23.0 Å². The van der Waals surface area contributed by atoms with Crippen LogP contribution in [0.2, 0.25) is 0 Å². The Morgan fingerprint density at radius 1 is 0.667 bits per heavy atom. The van der Waals surface area contributed by atoms with Gasteiger partial charge in [-0.05, 0) is 72.2 Å². The summed E-state index contributed by atoms with van der Waals surface area (Å²) in [5.74, 6) is 6.06. The molecule has 0 atom stereocenters. The van der Waals surface area contributed by atoms with Gasteiger partial charge >= 0.3 is 0 Å². The maximum absolute atomic E-state index is 14.9. The van der Waals surface area contributed by atoms with Crippen molar-refractivity contribution in [1.29, 1.82) is 0 Å². The molecule has 0 radical (unpaired) electrons. The molecule has 0 bridgehead atoms. The fraction of sp³-hybridized carbons (Fsp3) is 0.310. The summed E-state index contributed by atoms with van der Waals surface area (Å²) in [6.07, 6.45) is 6.73. The third-order valence-electron chi connectivity index (χ3n) is 5.59. The minimum Gasteiger partial charge on any atom is -0.206 e. The zero-order valence-corrected chi connectivity index (χ0v) is 18.4. The molecule has 0 N–H and O–H groups in total. The molecule has 0 aliphatic carbocycles. The average Bonchev–Trinajstić information content (AvgIpc) is 2.78. The van der Waals surface area contributed by atoms with Gasteiger partial charge in [-0.2, -0.15) is 0 Å². The van der Waals surface area contributed by atoms with Gasteiger partial charge in [-0.1, -0.05) is 81.9 Å². The van der Waals surface area contributed by atoms with Crippen molar-refractivity contribution >= 4 is 0 Å². The quantitative estimate of drug-likeness (QED) is 0.282. The highest BCUT2D eigenvalue weighted by molar-refractivity contribution is 5.69. The van der Waals surface area contributed by atoms with Gasteiger partial charge in [0.05, 0.1) is 0 Å².